The molecule has 0 aliphatic rings. The molecule has 0 spiro atoms. The van der Waals surface area contributed by atoms with Gasteiger partial charge in [-0.1, -0.05) is 12.1 Å². The molecule has 0 aromatic heterocycles. The van der Waals surface area contributed by atoms with Crippen molar-refractivity contribution in [2.45, 2.75) is 13.0 Å². The largest absolute Gasteiger partial charge is 0.338 e. The molecule has 0 fully saturated rings. The number of halogens is 1. The number of amides is 1. The van der Waals surface area contributed by atoms with Crippen molar-refractivity contribution in [2.75, 3.05) is 27.2 Å². The molecule has 0 bridgehead atoms. The molecule has 5 heteroatoms. The molecular weight excluding hydrogens is 245 g/mol. The lowest BCUT2D eigenvalue weighted by Crippen LogP contribution is -2.38. The van der Waals surface area contributed by atoms with E-state index in [4.69, 9.17) is 5.26 Å². The number of nitriles is 1. The number of rotatable bonds is 5. The third-order valence-corrected chi connectivity index (χ3v) is 3.07. The number of likely N-dealkylation sites (N-methyl/N-ethyl adjacent to an activating group) is 2. The van der Waals surface area contributed by atoms with Gasteiger partial charge in [0.1, 0.15) is 5.82 Å². The molecule has 0 saturated heterocycles. The summed E-state index contributed by atoms with van der Waals surface area (Å²) in [5.74, 6) is -0.367. The summed E-state index contributed by atoms with van der Waals surface area (Å²) in [6.07, 6.45) is 0. The Kier molecular flexibility index (Phi) is 5.46. The van der Waals surface area contributed by atoms with Crippen LogP contribution in [0.1, 0.15) is 18.5 Å². The topological polar surface area (TPSA) is 47.3 Å². The van der Waals surface area contributed by atoms with Crippen molar-refractivity contribution in [3.05, 3.63) is 35.6 Å². The van der Waals surface area contributed by atoms with Crippen LogP contribution < -0.4 is 0 Å². The standard InChI is InChI=1S/C14H18FN3O/c1-11(12-4-6-13(15)7-5-12)18(3)14(19)10-17(2)9-8-16/h4-7,11H,9-10H2,1-3H3. The molecule has 0 N–H and O–H groups in total. The molecule has 102 valence electrons. The average Bonchev–Trinajstić information content (AvgIpc) is 2.38. The first-order chi connectivity index (χ1) is 8.95. The molecule has 1 aromatic rings. The van der Waals surface area contributed by atoms with Crippen LogP contribution >= 0.6 is 0 Å². The number of nitrogens with zero attached hydrogens (tertiary/aromatic N) is 3. The fraction of sp³-hybridized carbons (Fsp3) is 0.429. The smallest absolute Gasteiger partial charge is 0.237 e. The van der Waals surface area contributed by atoms with E-state index in [0.717, 1.165) is 5.56 Å². The average molecular weight is 263 g/mol. The van der Waals surface area contributed by atoms with Gasteiger partial charge in [-0.15, -0.1) is 0 Å². The van der Waals surface area contributed by atoms with E-state index in [1.807, 2.05) is 13.0 Å². The highest BCUT2D eigenvalue weighted by Gasteiger charge is 2.18. The summed E-state index contributed by atoms with van der Waals surface area (Å²) < 4.78 is 12.8. The zero-order chi connectivity index (χ0) is 14.4. The maximum absolute atomic E-state index is 12.8. The summed E-state index contributed by atoms with van der Waals surface area (Å²) in [7, 11) is 3.42. The van der Waals surface area contributed by atoms with E-state index in [9.17, 15) is 9.18 Å². The Bertz CT molecular complexity index is 467. The Balaban J connectivity index is 2.66. The molecule has 4 nitrogen and oxygen atoms in total. The normalized spacial score (nSPS) is 12.0. The van der Waals surface area contributed by atoms with Gasteiger partial charge in [0.2, 0.25) is 5.91 Å². The minimum Gasteiger partial charge on any atom is -0.338 e. The van der Waals surface area contributed by atoms with Crippen molar-refractivity contribution < 1.29 is 9.18 Å². The Morgan fingerprint density at radius 1 is 1.37 bits per heavy atom. The number of hydrogen-bond acceptors (Lipinski definition) is 3. The summed E-state index contributed by atoms with van der Waals surface area (Å²) in [4.78, 5) is 15.3. The molecule has 1 amide bonds. The maximum Gasteiger partial charge on any atom is 0.237 e. The van der Waals surface area contributed by atoms with E-state index in [2.05, 4.69) is 0 Å². The Morgan fingerprint density at radius 2 is 1.95 bits per heavy atom. The summed E-state index contributed by atoms with van der Waals surface area (Å²) in [5.41, 5.74) is 0.875. The van der Waals surface area contributed by atoms with Crippen molar-refractivity contribution >= 4 is 5.91 Å². The van der Waals surface area contributed by atoms with E-state index in [-0.39, 0.29) is 30.9 Å². The number of hydrogen-bond donors (Lipinski definition) is 0. The SMILES string of the molecule is CC(c1ccc(F)cc1)N(C)C(=O)CN(C)CC#N. The van der Waals surface area contributed by atoms with Gasteiger partial charge in [-0.3, -0.25) is 9.69 Å². The zero-order valence-electron chi connectivity index (χ0n) is 11.4. The lowest BCUT2D eigenvalue weighted by Gasteiger charge is -2.27. The van der Waals surface area contributed by atoms with Gasteiger partial charge >= 0.3 is 0 Å². The molecule has 1 aromatic carbocycles. The molecule has 1 atom stereocenters. The van der Waals surface area contributed by atoms with Gasteiger partial charge in [0.25, 0.3) is 0 Å². The predicted molar refractivity (Wildman–Crippen MR) is 70.7 cm³/mol. The third kappa shape index (κ3) is 4.34. The van der Waals surface area contributed by atoms with Gasteiger partial charge in [0.05, 0.1) is 25.2 Å². The fourth-order valence-corrected chi connectivity index (χ4v) is 1.70. The predicted octanol–water partition coefficient (Wildman–Crippen LogP) is 1.80. The van der Waals surface area contributed by atoms with Crippen molar-refractivity contribution in [3.63, 3.8) is 0 Å². The second-order valence-electron chi connectivity index (χ2n) is 4.56. The quantitative estimate of drug-likeness (QED) is 0.761. The van der Waals surface area contributed by atoms with Crippen LogP contribution in [0.2, 0.25) is 0 Å². The highest BCUT2D eigenvalue weighted by Crippen LogP contribution is 2.19. The first kappa shape index (κ1) is 15.1. The summed E-state index contributed by atoms with van der Waals surface area (Å²) in [5, 5.41) is 8.55. The molecule has 0 aliphatic carbocycles. The van der Waals surface area contributed by atoms with E-state index >= 15 is 0 Å². The molecule has 0 heterocycles. The number of carbonyl (C=O) groups excluding carboxylic acids is 1. The van der Waals surface area contributed by atoms with Crippen LogP contribution in [-0.2, 0) is 4.79 Å². The van der Waals surface area contributed by atoms with Crippen LogP contribution in [0.3, 0.4) is 0 Å². The van der Waals surface area contributed by atoms with E-state index in [0.29, 0.717) is 0 Å². The maximum atomic E-state index is 12.8. The van der Waals surface area contributed by atoms with E-state index in [1.165, 1.54) is 12.1 Å². The highest BCUT2D eigenvalue weighted by atomic mass is 19.1. The van der Waals surface area contributed by atoms with Gasteiger partial charge in [-0.2, -0.15) is 5.26 Å². The Hall–Kier alpha value is -1.93. The van der Waals surface area contributed by atoms with Crippen molar-refractivity contribution in [1.29, 1.82) is 5.26 Å². The molecule has 0 radical (unpaired) electrons. The second-order valence-corrected chi connectivity index (χ2v) is 4.56. The molecule has 19 heavy (non-hydrogen) atoms. The summed E-state index contributed by atoms with van der Waals surface area (Å²) in [6, 6.07) is 7.96. The zero-order valence-corrected chi connectivity index (χ0v) is 11.4. The van der Waals surface area contributed by atoms with Gasteiger partial charge in [-0.25, -0.2) is 4.39 Å². The van der Waals surface area contributed by atoms with Gasteiger partial charge in [0.15, 0.2) is 0 Å². The van der Waals surface area contributed by atoms with Crippen LogP contribution in [0.5, 0.6) is 0 Å². The van der Waals surface area contributed by atoms with Gasteiger partial charge in [0, 0.05) is 7.05 Å². The van der Waals surface area contributed by atoms with E-state index < -0.39 is 0 Å². The minimum absolute atomic E-state index is 0.0745. The molecule has 1 rings (SSSR count). The van der Waals surface area contributed by atoms with Gasteiger partial charge in [-0.05, 0) is 31.7 Å². The second kappa shape index (κ2) is 6.86. The molecule has 1 unspecified atom stereocenters. The number of carbonyl (C=O) groups is 1. The molecule has 0 aliphatic heterocycles. The summed E-state index contributed by atoms with van der Waals surface area (Å²) >= 11 is 0. The van der Waals surface area contributed by atoms with Crippen LogP contribution in [0.15, 0.2) is 24.3 Å². The first-order valence-corrected chi connectivity index (χ1v) is 6.02. The molecule has 0 saturated carbocycles. The van der Waals surface area contributed by atoms with E-state index in [1.54, 1.807) is 36.0 Å². The van der Waals surface area contributed by atoms with Crippen LogP contribution in [-0.4, -0.2) is 42.9 Å². The fourth-order valence-electron chi connectivity index (χ4n) is 1.70. The van der Waals surface area contributed by atoms with Crippen LogP contribution in [0.25, 0.3) is 0 Å². The third-order valence-electron chi connectivity index (χ3n) is 3.07. The van der Waals surface area contributed by atoms with Crippen molar-refractivity contribution in [3.8, 4) is 6.07 Å². The first-order valence-electron chi connectivity index (χ1n) is 6.02. The highest BCUT2D eigenvalue weighted by molar-refractivity contribution is 5.78. The Morgan fingerprint density at radius 3 is 2.47 bits per heavy atom. The van der Waals surface area contributed by atoms with Crippen molar-refractivity contribution in [2.24, 2.45) is 0 Å². The minimum atomic E-state index is -0.293. The molecular formula is C14H18FN3O. The van der Waals surface area contributed by atoms with Crippen molar-refractivity contribution in [1.82, 2.24) is 9.80 Å². The Labute approximate surface area is 113 Å². The monoisotopic (exact) mass is 263 g/mol. The summed E-state index contributed by atoms with van der Waals surface area (Å²) in [6.45, 7) is 2.29. The van der Waals surface area contributed by atoms with Crippen LogP contribution in [0.4, 0.5) is 4.39 Å². The lowest BCUT2D eigenvalue weighted by molar-refractivity contribution is -0.132. The lowest BCUT2D eigenvalue weighted by atomic mass is 10.1. The van der Waals surface area contributed by atoms with Gasteiger partial charge < -0.3 is 4.90 Å². The number of benzene rings is 1. The van der Waals surface area contributed by atoms with Crippen LogP contribution in [0, 0.1) is 17.1 Å².